The van der Waals surface area contributed by atoms with E-state index in [0.717, 1.165) is 11.3 Å². The van der Waals surface area contributed by atoms with E-state index in [0.29, 0.717) is 17.0 Å². The van der Waals surface area contributed by atoms with E-state index in [1.54, 1.807) is 6.07 Å². The molecule has 0 saturated heterocycles. The number of nitrogens with one attached hydrogen (secondary N) is 1. The normalized spacial score (nSPS) is 11.5. The molecule has 4 nitrogen and oxygen atoms in total. The largest absolute Gasteiger partial charge is 0.507 e. The predicted octanol–water partition coefficient (Wildman–Crippen LogP) is 3.70. The number of phenolic OH excluding ortho intramolecular Hbond substituents is 1. The van der Waals surface area contributed by atoms with Crippen LogP contribution in [0.2, 0.25) is 0 Å². The number of nitrogens with two attached hydrogens (primary N) is 1. The highest BCUT2D eigenvalue weighted by atomic mass is 79.9. The van der Waals surface area contributed by atoms with E-state index >= 15 is 0 Å². The SMILES string of the molecule is Cc1ccc(NC(N)=NCc2ccc(O)c(Br)c2)cc1C. The first kappa shape index (κ1) is 15.4. The molecule has 5 heteroatoms. The van der Waals surface area contributed by atoms with Crippen LogP contribution in [0.1, 0.15) is 16.7 Å². The van der Waals surface area contributed by atoms with Crippen LogP contribution in [0.15, 0.2) is 45.9 Å². The second kappa shape index (κ2) is 6.63. The van der Waals surface area contributed by atoms with E-state index in [2.05, 4.69) is 40.1 Å². The number of halogens is 1. The third-order valence-corrected chi connectivity index (χ3v) is 3.86. The van der Waals surface area contributed by atoms with Crippen LogP contribution in [-0.4, -0.2) is 11.1 Å². The Balaban J connectivity index is 2.03. The fourth-order valence-electron chi connectivity index (χ4n) is 1.83. The Morgan fingerprint density at radius 3 is 2.62 bits per heavy atom. The molecule has 0 saturated carbocycles. The first-order valence-corrected chi connectivity index (χ1v) is 7.36. The molecular weight excluding hydrogens is 330 g/mol. The Hall–Kier alpha value is -2.01. The highest BCUT2D eigenvalue weighted by Crippen LogP contribution is 2.24. The maximum atomic E-state index is 9.44. The van der Waals surface area contributed by atoms with Crippen molar-refractivity contribution in [1.82, 2.24) is 0 Å². The molecule has 0 aliphatic carbocycles. The first-order chi connectivity index (χ1) is 9.95. The molecule has 0 bridgehead atoms. The molecule has 4 N–H and O–H groups in total. The van der Waals surface area contributed by atoms with Gasteiger partial charge in [0.15, 0.2) is 5.96 Å². The maximum Gasteiger partial charge on any atom is 0.193 e. The van der Waals surface area contributed by atoms with Crippen LogP contribution >= 0.6 is 15.9 Å². The van der Waals surface area contributed by atoms with Crippen LogP contribution in [0.5, 0.6) is 5.75 Å². The van der Waals surface area contributed by atoms with Crippen molar-refractivity contribution < 1.29 is 5.11 Å². The summed E-state index contributed by atoms with van der Waals surface area (Å²) in [6, 6.07) is 11.3. The van der Waals surface area contributed by atoms with Gasteiger partial charge in [0.1, 0.15) is 5.75 Å². The summed E-state index contributed by atoms with van der Waals surface area (Å²) in [6.45, 7) is 4.57. The van der Waals surface area contributed by atoms with Gasteiger partial charge in [0.05, 0.1) is 11.0 Å². The van der Waals surface area contributed by atoms with Gasteiger partial charge in [0.25, 0.3) is 0 Å². The molecule has 0 aliphatic rings. The summed E-state index contributed by atoms with van der Waals surface area (Å²) < 4.78 is 0.649. The van der Waals surface area contributed by atoms with Gasteiger partial charge >= 0.3 is 0 Å². The summed E-state index contributed by atoms with van der Waals surface area (Å²) in [5, 5.41) is 12.5. The number of aromatic hydroxyl groups is 1. The molecule has 0 aromatic heterocycles. The number of guanidine groups is 1. The smallest absolute Gasteiger partial charge is 0.193 e. The molecule has 2 aromatic rings. The highest BCUT2D eigenvalue weighted by Gasteiger charge is 2.01. The van der Waals surface area contributed by atoms with Gasteiger partial charge in [0, 0.05) is 5.69 Å². The van der Waals surface area contributed by atoms with Crippen molar-refractivity contribution in [2.75, 3.05) is 5.32 Å². The standard InChI is InChI=1S/C16H18BrN3O/c1-10-3-5-13(7-11(10)2)20-16(18)19-9-12-4-6-15(21)14(17)8-12/h3-8,21H,9H2,1-2H3,(H3,18,19,20). The van der Waals surface area contributed by atoms with E-state index in [4.69, 9.17) is 5.73 Å². The van der Waals surface area contributed by atoms with Gasteiger partial charge in [0.2, 0.25) is 0 Å². The molecule has 0 spiro atoms. The Kier molecular flexibility index (Phi) is 4.85. The topological polar surface area (TPSA) is 70.6 Å². The van der Waals surface area contributed by atoms with Crippen molar-refractivity contribution in [3.05, 3.63) is 57.6 Å². The van der Waals surface area contributed by atoms with Crippen LogP contribution < -0.4 is 11.1 Å². The number of hydrogen-bond donors (Lipinski definition) is 3. The lowest BCUT2D eigenvalue weighted by atomic mass is 10.1. The van der Waals surface area contributed by atoms with Crippen molar-refractivity contribution >= 4 is 27.6 Å². The molecule has 110 valence electrons. The van der Waals surface area contributed by atoms with E-state index in [1.807, 2.05) is 30.3 Å². The third-order valence-electron chi connectivity index (χ3n) is 3.22. The zero-order valence-electron chi connectivity index (χ0n) is 12.0. The quantitative estimate of drug-likeness (QED) is 0.585. The molecule has 0 fully saturated rings. The van der Waals surface area contributed by atoms with Gasteiger partial charge < -0.3 is 16.2 Å². The van der Waals surface area contributed by atoms with Gasteiger partial charge in [-0.1, -0.05) is 12.1 Å². The third kappa shape index (κ3) is 4.23. The number of rotatable bonds is 3. The van der Waals surface area contributed by atoms with Crippen molar-refractivity contribution in [3.8, 4) is 5.75 Å². The van der Waals surface area contributed by atoms with Gasteiger partial charge in [-0.3, -0.25) is 0 Å². The summed E-state index contributed by atoms with van der Waals surface area (Å²) in [7, 11) is 0. The Labute approximate surface area is 132 Å². The summed E-state index contributed by atoms with van der Waals surface area (Å²) in [4.78, 5) is 4.29. The number of nitrogens with zero attached hydrogens (tertiary/aromatic N) is 1. The summed E-state index contributed by atoms with van der Waals surface area (Å²) in [5.41, 5.74) is 10.2. The average Bonchev–Trinajstić information content (AvgIpc) is 2.44. The monoisotopic (exact) mass is 347 g/mol. The summed E-state index contributed by atoms with van der Waals surface area (Å²) in [6.07, 6.45) is 0. The number of phenols is 1. The van der Waals surface area contributed by atoms with E-state index in [-0.39, 0.29) is 5.75 Å². The number of anilines is 1. The fourth-order valence-corrected chi connectivity index (χ4v) is 2.26. The molecule has 0 aliphatic heterocycles. The average molecular weight is 348 g/mol. The molecule has 2 aromatic carbocycles. The van der Waals surface area contributed by atoms with E-state index in [1.165, 1.54) is 11.1 Å². The van der Waals surface area contributed by atoms with Gasteiger partial charge in [-0.15, -0.1) is 0 Å². The Morgan fingerprint density at radius 2 is 1.95 bits per heavy atom. The lowest BCUT2D eigenvalue weighted by Crippen LogP contribution is -2.22. The minimum absolute atomic E-state index is 0.212. The molecule has 0 unspecified atom stereocenters. The fraction of sp³-hybridized carbons (Fsp3) is 0.188. The minimum Gasteiger partial charge on any atom is -0.507 e. The van der Waals surface area contributed by atoms with Gasteiger partial charge in [-0.05, 0) is 70.7 Å². The van der Waals surface area contributed by atoms with Crippen LogP contribution in [0.4, 0.5) is 5.69 Å². The van der Waals surface area contributed by atoms with Crippen LogP contribution in [-0.2, 0) is 6.54 Å². The second-order valence-corrected chi connectivity index (χ2v) is 5.77. The van der Waals surface area contributed by atoms with Gasteiger partial charge in [-0.2, -0.15) is 0 Å². The zero-order chi connectivity index (χ0) is 15.4. The summed E-state index contributed by atoms with van der Waals surface area (Å²) in [5.74, 6) is 0.575. The predicted molar refractivity (Wildman–Crippen MR) is 90.7 cm³/mol. The van der Waals surface area contributed by atoms with Gasteiger partial charge in [-0.25, -0.2) is 4.99 Å². The Morgan fingerprint density at radius 1 is 1.19 bits per heavy atom. The molecule has 21 heavy (non-hydrogen) atoms. The van der Waals surface area contributed by atoms with E-state index in [9.17, 15) is 5.11 Å². The molecule has 0 heterocycles. The number of aliphatic imine (C=N–C) groups is 1. The van der Waals surface area contributed by atoms with Crippen LogP contribution in [0, 0.1) is 13.8 Å². The van der Waals surface area contributed by atoms with Crippen molar-refractivity contribution in [3.63, 3.8) is 0 Å². The number of aryl methyl sites for hydroxylation is 2. The molecule has 2 rings (SSSR count). The Bertz CT molecular complexity index is 683. The van der Waals surface area contributed by atoms with Crippen LogP contribution in [0.25, 0.3) is 0 Å². The number of hydrogen-bond acceptors (Lipinski definition) is 2. The molecule has 0 atom stereocenters. The summed E-state index contributed by atoms with van der Waals surface area (Å²) >= 11 is 3.28. The lowest BCUT2D eigenvalue weighted by Gasteiger charge is -2.08. The first-order valence-electron chi connectivity index (χ1n) is 6.57. The maximum absolute atomic E-state index is 9.44. The second-order valence-electron chi connectivity index (χ2n) is 4.91. The van der Waals surface area contributed by atoms with Crippen molar-refractivity contribution in [2.24, 2.45) is 10.7 Å². The lowest BCUT2D eigenvalue weighted by molar-refractivity contribution is 0.471. The van der Waals surface area contributed by atoms with E-state index < -0.39 is 0 Å². The van der Waals surface area contributed by atoms with Crippen molar-refractivity contribution in [2.45, 2.75) is 20.4 Å². The molecule has 0 radical (unpaired) electrons. The highest BCUT2D eigenvalue weighted by molar-refractivity contribution is 9.10. The zero-order valence-corrected chi connectivity index (χ0v) is 13.6. The molecule has 0 amide bonds. The minimum atomic E-state index is 0.212. The van der Waals surface area contributed by atoms with Crippen LogP contribution in [0.3, 0.4) is 0 Å². The van der Waals surface area contributed by atoms with Crippen molar-refractivity contribution in [1.29, 1.82) is 0 Å². The number of benzene rings is 2. The molecular formula is C16H18BrN3O.